The number of hydrogen-bond acceptors (Lipinski definition) is 7. The van der Waals surface area contributed by atoms with Crippen molar-refractivity contribution in [1.29, 1.82) is 0 Å². The normalized spacial score (nSPS) is 12.1. The molecule has 0 amide bonds. The topological polar surface area (TPSA) is 104 Å². The molecule has 0 fully saturated rings. The van der Waals surface area contributed by atoms with Crippen molar-refractivity contribution in [2.24, 2.45) is 0 Å². The molecule has 0 aliphatic heterocycles. The largest absolute Gasteiger partial charge is 0.457 e. The maximum absolute atomic E-state index is 12.2. The minimum Gasteiger partial charge on any atom is -0.457 e. The first-order valence-corrected chi connectivity index (χ1v) is 8.04. The van der Waals surface area contributed by atoms with Crippen LogP contribution in [0.2, 0.25) is 0 Å². The van der Waals surface area contributed by atoms with E-state index in [0.717, 1.165) is 0 Å². The lowest BCUT2D eigenvalue weighted by Gasteiger charge is -2.00. The van der Waals surface area contributed by atoms with E-state index in [0.29, 0.717) is 32.1 Å². The molecule has 3 aromatic heterocycles. The van der Waals surface area contributed by atoms with Crippen molar-refractivity contribution in [3.8, 4) is 11.3 Å². The molecule has 0 atom stereocenters. The van der Waals surface area contributed by atoms with Gasteiger partial charge in [0.05, 0.1) is 4.92 Å². The number of hydrogen-bond donors (Lipinski definition) is 0. The monoisotopic (exact) mass is 354 g/mol. The molecular formula is C16H10N4O4S. The van der Waals surface area contributed by atoms with E-state index < -0.39 is 4.92 Å². The Morgan fingerprint density at radius 3 is 2.92 bits per heavy atom. The Morgan fingerprint density at radius 2 is 2.16 bits per heavy atom. The van der Waals surface area contributed by atoms with Crippen molar-refractivity contribution in [3.05, 3.63) is 73.0 Å². The van der Waals surface area contributed by atoms with Crippen LogP contribution in [0.3, 0.4) is 0 Å². The smallest absolute Gasteiger partial charge is 0.291 e. The van der Waals surface area contributed by atoms with E-state index in [2.05, 4.69) is 10.1 Å². The minimum atomic E-state index is -0.424. The van der Waals surface area contributed by atoms with Gasteiger partial charge in [0.15, 0.2) is 0 Å². The second-order valence-corrected chi connectivity index (χ2v) is 6.34. The van der Waals surface area contributed by atoms with E-state index in [-0.39, 0.29) is 11.2 Å². The fraction of sp³-hybridized carbons (Fsp3) is 0.0625. The van der Waals surface area contributed by atoms with Crippen LogP contribution >= 0.6 is 11.3 Å². The maximum Gasteiger partial charge on any atom is 0.291 e. The Labute approximate surface area is 143 Å². The number of thiazole rings is 1. The molecule has 0 aliphatic carbocycles. The van der Waals surface area contributed by atoms with Gasteiger partial charge in [-0.3, -0.25) is 14.9 Å². The third-order valence-corrected chi connectivity index (χ3v) is 4.68. The summed E-state index contributed by atoms with van der Waals surface area (Å²) in [6.07, 6.45) is 2.93. The number of nitro benzene ring substituents is 1. The van der Waals surface area contributed by atoms with E-state index >= 15 is 0 Å². The van der Waals surface area contributed by atoms with Gasteiger partial charge < -0.3 is 4.42 Å². The molecule has 8 nitrogen and oxygen atoms in total. The van der Waals surface area contributed by atoms with Crippen LogP contribution in [0.4, 0.5) is 5.69 Å². The molecule has 4 rings (SSSR count). The zero-order chi connectivity index (χ0) is 17.6. The average Bonchev–Trinajstić information content (AvgIpc) is 3.28. The number of nitro groups is 1. The van der Waals surface area contributed by atoms with Gasteiger partial charge in [-0.25, -0.2) is 4.98 Å². The van der Waals surface area contributed by atoms with Crippen LogP contribution in [0.25, 0.3) is 22.4 Å². The number of aromatic nitrogens is 3. The summed E-state index contributed by atoms with van der Waals surface area (Å²) in [5.74, 6) is 0.959. The summed E-state index contributed by atoms with van der Waals surface area (Å²) in [5.41, 5.74) is 0.952. The molecule has 0 aliphatic rings. The van der Waals surface area contributed by atoms with Gasteiger partial charge in [-0.1, -0.05) is 23.5 Å². The van der Waals surface area contributed by atoms with Crippen LogP contribution in [-0.2, 0) is 0 Å². The summed E-state index contributed by atoms with van der Waals surface area (Å²) in [6.45, 7) is 1.68. The first-order chi connectivity index (χ1) is 12.0. The van der Waals surface area contributed by atoms with Crippen LogP contribution in [0.5, 0.6) is 0 Å². The molecule has 124 valence electrons. The quantitative estimate of drug-likeness (QED) is 0.412. The Bertz CT molecular complexity index is 1220. The third kappa shape index (κ3) is 2.60. The molecule has 3 heterocycles. The SMILES string of the molecule is Cc1ccc(-c2ccc(C=c3sc4ncnn4c3=O)o2)cc1[N+](=O)[O-]. The highest BCUT2D eigenvalue weighted by molar-refractivity contribution is 7.15. The first kappa shape index (κ1) is 15.2. The zero-order valence-corrected chi connectivity index (χ0v) is 13.7. The number of benzene rings is 1. The van der Waals surface area contributed by atoms with E-state index in [4.69, 9.17) is 4.42 Å². The molecule has 25 heavy (non-hydrogen) atoms. The van der Waals surface area contributed by atoms with Gasteiger partial charge in [-0.15, -0.1) is 0 Å². The average molecular weight is 354 g/mol. The Balaban J connectivity index is 1.76. The van der Waals surface area contributed by atoms with Crippen LogP contribution in [0.15, 0.2) is 45.9 Å². The van der Waals surface area contributed by atoms with E-state index in [1.165, 1.54) is 28.2 Å². The Kier molecular flexibility index (Phi) is 3.43. The number of aryl methyl sites for hydroxylation is 1. The van der Waals surface area contributed by atoms with Gasteiger partial charge in [-0.2, -0.15) is 9.61 Å². The number of nitrogens with zero attached hydrogens (tertiary/aromatic N) is 4. The lowest BCUT2D eigenvalue weighted by molar-refractivity contribution is -0.385. The van der Waals surface area contributed by atoms with Crippen LogP contribution in [0.1, 0.15) is 11.3 Å². The number of furan rings is 1. The zero-order valence-electron chi connectivity index (χ0n) is 12.9. The molecule has 0 saturated heterocycles. The van der Waals surface area contributed by atoms with Gasteiger partial charge in [0.2, 0.25) is 4.96 Å². The van der Waals surface area contributed by atoms with Crippen molar-refractivity contribution in [3.63, 3.8) is 0 Å². The lowest BCUT2D eigenvalue weighted by atomic mass is 10.1. The molecule has 4 aromatic rings. The second-order valence-electron chi connectivity index (χ2n) is 5.33. The highest BCUT2D eigenvalue weighted by Gasteiger charge is 2.14. The van der Waals surface area contributed by atoms with Gasteiger partial charge in [0.1, 0.15) is 22.4 Å². The van der Waals surface area contributed by atoms with Gasteiger partial charge in [-0.05, 0) is 19.1 Å². The van der Waals surface area contributed by atoms with Crippen molar-refractivity contribution in [1.82, 2.24) is 14.6 Å². The lowest BCUT2D eigenvalue weighted by Crippen LogP contribution is -2.23. The highest BCUT2D eigenvalue weighted by Crippen LogP contribution is 2.28. The third-order valence-electron chi connectivity index (χ3n) is 3.71. The Hall–Kier alpha value is -3.33. The van der Waals surface area contributed by atoms with Crippen LogP contribution in [-0.4, -0.2) is 19.5 Å². The second kappa shape index (κ2) is 5.64. The molecule has 0 radical (unpaired) electrons. The van der Waals surface area contributed by atoms with Gasteiger partial charge >= 0.3 is 0 Å². The van der Waals surface area contributed by atoms with Crippen LogP contribution in [0, 0.1) is 17.0 Å². The molecule has 0 spiro atoms. The van der Waals surface area contributed by atoms with Crippen LogP contribution < -0.4 is 10.1 Å². The van der Waals surface area contributed by atoms with Crippen molar-refractivity contribution in [2.75, 3.05) is 0 Å². The molecule has 0 saturated carbocycles. The van der Waals surface area contributed by atoms with Gasteiger partial charge in [0.25, 0.3) is 11.2 Å². The summed E-state index contributed by atoms with van der Waals surface area (Å²) >= 11 is 1.21. The summed E-state index contributed by atoms with van der Waals surface area (Å²) in [7, 11) is 0. The van der Waals surface area contributed by atoms with E-state index in [9.17, 15) is 14.9 Å². The fourth-order valence-electron chi connectivity index (χ4n) is 2.45. The van der Waals surface area contributed by atoms with Crippen molar-refractivity contribution in [2.45, 2.75) is 6.92 Å². The predicted molar refractivity (Wildman–Crippen MR) is 91.5 cm³/mol. The maximum atomic E-state index is 12.2. The molecule has 0 N–H and O–H groups in total. The standard InChI is InChI=1S/C16H10N4O4S/c1-9-2-3-10(6-12(9)20(22)23)13-5-4-11(24-13)7-14-15(21)19-16(25-14)17-8-18-19/h2-8H,1H3. The molecule has 0 bridgehead atoms. The summed E-state index contributed by atoms with van der Waals surface area (Å²) in [4.78, 5) is 27.3. The number of rotatable bonds is 3. The minimum absolute atomic E-state index is 0.0341. The van der Waals surface area contributed by atoms with Crippen molar-refractivity contribution >= 4 is 28.1 Å². The highest BCUT2D eigenvalue weighted by atomic mass is 32.1. The first-order valence-electron chi connectivity index (χ1n) is 7.22. The Morgan fingerprint density at radius 1 is 1.32 bits per heavy atom. The van der Waals surface area contributed by atoms with E-state index in [1.54, 1.807) is 37.3 Å². The molecule has 9 heteroatoms. The summed E-state index contributed by atoms with van der Waals surface area (Å²) in [6, 6.07) is 8.32. The van der Waals surface area contributed by atoms with E-state index in [1.807, 2.05) is 0 Å². The summed E-state index contributed by atoms with van der Waals surface area (Å²) < 4.78 is 7.39. The van der Waals surface area contributed by atoms with Crippen molar-refractivity contribution < 1.29 is 9.34 Å². The molecular weight excluding hydrogens is 344 g/mol. The molecule has 1 aromatic carbocycles. The summed E-state index contributed by atoms with van der Waals surface area (Å²) in [5, 5.41) is 14.9. The molecule has 0 unspecified atom stereocenters. The fourth-order valence-corrected chi connectivity index (χ4v) is 3.31. The predicted octanol–water partition coefficient (Wildman–Crippen LogP) is 2.18. The number of fused-ring (bicyclic) bond motifs is 1. The van der Waals surface area contributed by atoms with Gasteiger partial charge in [0, 0.05) is 23.3 Å².